The Morgan fingerprint density at radius 1 is 1.07 bits per heavy atom. The van der Waals surface area contributed by atoms with Crippen LogP contribution >= 0.6 is 0 Å². The molecule has 160 valence electrons. The number of nitrogens with zero attached hydrogens (tertiary/aromatic N) is 4. The summed E-state index contributed by atoms with van der Waals surface area (Å²) in [6.45, 7) is 5.30. The van der Waals surface area contributed by atoms with Crippen molar-refractivity contribution in [1.29, 1.82) is 0 Å². The zero-order valence-corrected chi connectivity index (χ0v) is 17.4. The second-order valence-corrected chi connectivity index (χ2v) is 7.68. The Balaban J connectivity index is 1.25. The Morgan fingerprint density at radius 2 is 1.73 bits per heavy atom. The van der Waals surface area contributed by atoms with Crippen LogP contribution in [0.3, 0.4) is 0 Å². The summed E-state index contributed by atoms with van der Waals surface area (Å²) in [5, 5.41) is 11.9. The standard InChI is InChI=1S/C22H29N5O3/c1-29-19-4-2-3-17(15-19)16-23-22(28)18-7-9-26(10-8-18)20-5-6-21(25-24-20)27-11-13-30-14-12-27/h2-6,15,18H,7-14,16H2,1H3,(H,23,28). The van der Waals surface area contributed by atoms with Crippen molar-refractivity contribution in [3.8, 4) is 5.75 Å². The molecule has 3 heterocycles. The van der Waals surface area contributed by atoms with Gasteiger partial charge in [0.25, 0.3) is 0 Å². The van der Waals surface area contributed by atoms with Gasteiger partial charge >= 0.3 is 0 Å². The van der Waals surface area contributed by atoms with Gasteiger partial charge in [-0.05, 0) is 42.7 Å². The van der Waals surface area contributed by atoms with E-state index in [0.717, 1.165) is 75.2 Å². The van der Waals surface area contributed by atoms with Crippen LogP contribution in [0.4, 0.5) is 11.6 Å². The number of ether oxygens (including phenoxy) is 2. The molecule has 2 fully saturated rings. The fourth-order valence-corrected chi connectivity index (χ4v) is 3.93. The van der Waals surface area contributed by atoms with Crippen LogP contribution in [0.2, 0.25) is 0 Å². The first kappa shape index (κ1) is 20.4. The van der Waals surface area contributed by atoms with Gasteiger partial charge in [-0.3, -0.25) is 4.79 Å². The number of aromatic nitrogens is 2. The van der Waals surface area contributed by atoms with E-state index in [1.54, 1.807) is 7.11 Å². The third kappa shape index (κ3) is 4.99. The largest absolute Gasteiger partial charge is 0.497 e. The number of piperidine rings is 1. The maximum absolute atomic E-state index is 12.6. The van der Waals surface area contributed by atoms with Gasteiger partial charge in [0.15, 0.2) is 11.6 Å². The lowest BCUT2D eigenvalue weighted by Crippen LogP contribution is -2.41. The van der Waals surface area contributed by atoms with Crippen molar-refractivity contribution in [3.05, 3.63) is 42.0 Å². The lowest BCUT2D eigenvalue weighted by Gasteiger charge is -2.32. The van der Waals surface area contributed by atoms with Crippen LogP contribution in [0.1, 0.15) is 18.4 Å². The van der Waals surface area contributed by atoms with Gasteiger partial charge in [0.2, 0.25) is 5.91 Å². The average Bonchev–Trinajstić information content (AvgIpc) is 2.83. The zero-order valence-electron chi connectivity index (χ0n) is 17.4. The van der Waals surface area contributed by atoms with E-state index in [1.165, 1.54) is 0 Å². The highest BCUT2D eigenvalue weighted by molar-refractivity contribution is 5.79. The highest BCUT2D eigenvalue weighted by atomic mass is 16.5. The number of amides is 1. The van der Waals surface area contributed by atoms with E-state index in [0.29, 0.717) is 6.54 Å². The van der Waals surface area contributed by atoms with E-state index in [4.69, 9.17) is 9.47 Å². The topological polar surface area (TPSA) is 79.8 Å². The van der Waals surface area contributed by atoms with E-state index in [2.05, 4.69) is 25.3 Å². The summed E-state index contributed by atoms with van der Waals surface area (Å²) in [6.07, 6.45) is 1.63. The minimum absolute atomic E-state index is 0.0347. The molecule has 0 spiro atoms. The van der Waals surface area contributed by atoms with Crippen molar-refractivity contribution in [2.45, 2.75) is 19.4 Å². The van der Waals surface area contributed by atoms with Crippen LogP contribution < -0.4 is 19.9 Å². The second-order valence-electron chi connectivity index (χ2n) is 7.68. The van der Waals surface area contributed by atoms with Crippen LogP contribution in [0, 0.1) is 5.92 Å². The van der Waals surface area contributed by atoms with Crippen molar-refractivity contribution in [2.75, 3.05) is 56.3 Å². The minimum atomic E-state index is 0.0347. The molecule has 0 atom stereocenters. The SMILES string of the molecule is COc1cccc(CNC(=O)C2CCN(c3ccc(N4CCOCC4)nn3)CC2)c1. The molecule has 2 aromatic rings. The van der Waals surface area contributed by atoms with Crippen molar-refractivity contribution < 1.29 is 14.3 Å². The van der Waals surface area contributed by atoms with Crippen LogP contribution in [0.5, 0.6) is 5.75 Å². The summed E-state index contributed by atoms with van der Waals surface area (Å²) in [5.74, 6) is 2.73. The molecule has 30 heavy (non-hydrogen) atoms. The highest BCUT2D eigenvalue weighted by Gasteiger charge is 2.26. The van der Waals surface area contributed by atoms with Crippen molar-refractivity contribution >= 4 is 17.5 Å². The molecule has 1 aromatic heterocycles. The van der Waals surface area contributed by atoms with Crippen LogP contribution in [-0.2, 0) is 16.1 Å². The monoisotopic (exact) mass is 411 g/mol. The smallest absolute Gasteiger partial charge is 0.223 e. The summed E-state index contributed by atoms with van der Waals surface area (Å²) >= 11 is 0. The molecule has 0 radical (unpaired) electrons. The molecule has 4 rings (SSSR count). The number of nitrogens with one attached hydrogen (secondary N) is 1. The molecule has 0 unspecified atom stereocenters. The quantitative estimate of drug-likeness (QED) is 0.777. The van der Waals surface area contributed by atoms with E-state index in [1.807, 2.05) is 36.4 Å². The number of carbonyl (C=O) groups excluding carboxylic acids is 1. The summed E-state index contributed by atoms with van der Waals surface area (Å²) in [7, 11) is 1.64. The van der Waals surface area contributed by atoms with Gasteiger partial charge in [-0.2, -0.15) is 0 Å². The Morgan fingerprint density at radius 3 is 2.37 bits per heavy atom. The van der Waals surface area contributed by atoms with Gasteiger partial charge in [0.1, 0.15) is 5.75 Å². The highest BCUT2D eigenvalue weighted by Crippen LogP contribution is 2.23. The number of benzene rings is 1. The minimum Gasteiger partial charge on any atom is -0.497 e. The molecule has 2 saturated heterocycles. The van der Waals surface area contributed by atoms with Gasteiger partial charge in [-0.1, -0.05) is 12.1 Å². The number of methoxy groups -OCH3 is 1. The summed E-state index contributed by atoms with van der Waals surface area (Å²) in [4.78, 5) is 17.0. The first-order chi connectivity index (χ1) is 14.7. The zero-order chi connectivity index (χ0) is 20.8. The van der Waals surface area contributed by atoms with E-state index < -0.39 is 0 Å². The molecule has 0 bridgehead atoms. The van der Waals surface area contributed by atoms with Crippen molar-refractivity contribution in [3.63, 3.8) is 0 Å². The molecule has 0 aliphatic carbocycles. The molecule has 1 amide bonds. The molecule has 0 saturated carbocycles. The summed E-state index contributed by atoms with van der Waals surface area (Å²) in [5.41, 5.74) is 1.04. The predicted molar refractivity (Wildman–Crippen MR) is 115 cm³/mol. The molecule has 8 nitrogen and oxygen atoms in total. The summed E-state index contributed by atoms with van der Waals surface area (Å²) in [6, 6.07) is 11.8. The normalized spacial score (nSPS) is 17.6. The van der Waals surface area contributed by atoms with Crippen LogP contribution in [0.15, 0.2) is 36.4 Å². The Labute approximate surface area is 177 Å². The first-order valence-electron chi connectivity index (χ1n) is 10.5. The van der Waals surface area contributed by atoms with E-state index in [-0.39, 0.29) is 11.8 Å². The Bertz CT molecular complexity index is 831. The molecule has 1 N–H and O–H groups in total. The number of hydrogen-bond donors (Lipinski definition) is 1. The number of hydrogen-bond acceptors (Lipinski definition) is 7. The number of carbonyl (C=O) groups is 1. The maximum Gasteiger partial charge on any atom is 0.223 e. The molecule has 2 aliphatic heterocycles. The molecule has 2 aliphatic rings. The number of rotatable bonds is 6. The molecular formula is C22H29N5O3. The van der Waals surface area contributed by atoms with Gasteiger partial charge < -0.3 is 24.6 Å². The predicted octanol–water partition coefficient (Wildman–Crippen LogP) is 1.85. The number of anilines is 2. The van der Waals surface area contributed by atoms with Crippen LogP contribution in [-0.4, -0.2) is 62.6 Å². The lowest BCUT2D eigenvalue weighted by molar-refractivity contribution is -0.125. The van der Waals surface area contributed by atoms with Crippen LogP contribution in [0.25, 0.3) is 0 Å². The third-order valence-corrected chi connectivity index (χ3v) is 5.76. The Hall–Kier alpha value is -2.87. The average molecular weight is 412 g/mol. The van der Waals surface area contributed by atoms with Crippen molar-refractivity contribution in [1.82, 2.24) is 15.5 Å². The second kappa shape index (κ2) is 9.75. The van der Waals surface area contributed by atoms with E-state index >= 15 is 0 Å². The fourth-order valence-electron chi connectivity index (χ4n) is 3.93. The van der Waals surface area contributed by atoms with Gasteiger partial charge in [0.05, 0.1) is 20.3 Å². The fraction of sp³-hybridized carbons (Fsp3) is 0.500. The Kier molecular flexibility index (Phi) is 6.63. The first-order valence-corrected chi connectivity index (χ1v) is 10.5. The van der Waals surface area contributed by atoms with Gasteiger partial charge in [-0.25, -0.2) is 0 Å². The van der Waals surface area contributed by atoms with Gasteiger partial charge in [-0.15, -0.1) is 10.2 Å². The third-order valence-electron chi connectivity index (χ3n) is 5.76. The molecular weight excluding hydrogens is 382 g/mol. The van der Waals surface area contributed by atoms with Crippen molar-refractivity contribution in [2.24, 2.45) is 5.92 Å². The van der Waals surface area contributed by atoms with Gasteiger partial charge in [0, 0.05) is 38.6 Å². The van der Waals surface area contributed by atoms with E-state index in [9.17, 15) is 4.79 Å². The maximum atomic E-state index is 12.6. The molecule has 1 aromatic carbocycles. The lowest BCUT2D eigenvalue weighted by atomic mass is 9.96. The summed E-state index contributed by atoms with van der Waals surface area (Å²) < 4.78 is 10.6. The molecule has 8 heteroatoms. The number of morpholine rings is 1.